The molecule has 0 amide bonds. The lowest BCUT2D eigenvalue weighted by molar-refractivity contribution is 0.102. The lowest BCUT2D eigenvalue weighted by atomic mass is 10.1. The molecule has 1 aliphatic heterocycles. The van der Waals surface area contributed by atoms with Crippen molar-refractivity contribution in [1.82, 2.24) is 24.3 Å². The molecule has 0 aliphatic carbocycles. The predicted molar refractivity (Wildman–Crippen MR) is 97.2 cm³/mol. The molecule has 3 rings (SSSR count). The van der Waals surface area contributed by atoms with Crippen LogP contribution in [0.1, 0.15) is 43.3 Å². The summed E-state index contributed by atoms with van der Waals surface area (Å²) in [5.41, 5.74) is 2.06. The molecule has 0 saturated carbocycles. The van der Waals surface area contributed by atoms with Gasteiger partial charge >= 0.3 is 0 Å². The number of rotatable bonds is 6. The van der Waals surface area contributed by atoms with E-state index in [1.54, 1.807) is 29.4 Å². The summed E-state index contributed by atoms with van der Waals surface area (Å²) < 4.78 is 38.2. The monoisotopic (exact) mass is 381 g/mol. The first-order valence-electron chi connectivity index (χ1n) is 8.85. The molecule has 26 heavy (non-hydrogen) atoms. The molecule has 0 spiro atoms. The van der Waals surface area contributed by atoms with Gasteiger partial charge in [0.15, 0.2) is 0 Å². The molecule has 0 radical (unpaired) electrons. The average Bonchev–Trinajstić information content (AvgIpc) is 3.19. The Bertz CT molecular complexity index is 884. The Morgan fingerprint density at radius 2 is 2.12 bits per heavy atom. The summed E-state index contributed by atoms with van der Waals surface area (Å²) in [6.45, 7) is 8.90. The van der Waals surface area contributed by atoms with Crippen LogP contribution in [-0.4, -0.2) is 40.6 Å². The highest BCUT2D eigenvalue weighted by atomic mass is 32.2. The Morgan fingerprint density at radius 3 is 2.73 bits per heavy atom. The zero-order valence-electron chi connectivity index (χ0n) is 15.9. The molecule has 0 unspecified atom stereocenters. The Hall–Kier alpha value is -1.71. The first-order valence-corrected chi connectivity index (χ1v) is 10.3. The van der Waals surface area contributed by atoms with Crippen LogP contribution in [0.2, 0.25) is 0 Å². The zero-order valence-corrected chi connectivity index (χ0v) is 16.7. The van der Waals surface area contributed by atoms with Gasteiger partial charge in [0, 0.05) is 32.0 Å². The van der Waals surface area contributed by atoms with Gasteiger partial charge in [0.25, 0.3) is 0 Å². The second kappa shape index (κ2) is 7.13. The Balaban J connectivity index is 1.86. The fraction of sp³-hybridized carbons (Fsp3) is 0.647. The van der Waals surface area contributed by atoms with Crippen LogP contribution in [0.15, 0.2) is 17.3 Å². The number of hydrogen-bond acceptors (Lipinski definition) is 5. The van der Waals surface area contributed by atoms with Crippen LogP contribution in [-0.2, 0) is 28.4 Å². The molecule has 2 aromatic rings. The van der Waals surface area contributed by atoms with Crippen molar-refractivity contribution in [3.05, 3.63) is 29.3 Å². The second-order valence-electron chi connectivity index (χ2n) is 7.33. The highest BCUT2D eigenvalue weighted by Crippen LogP contribution is 2.31. The molecule has 3 heterocycles. The molecule has 1 aliphatic rings. The van der Waals surface area contributed by atoms with Gasteiger partial charge in [-0.2, -0.15) is 10.2 Å². The molecule has 1 fully saturated rings. The molecule has 144 valence electrons. The van der Waals surface area contributed by atoms with Gasteiger partial charge in [0.05, 0.1) is 23.6 Å². The van der Waals surface area contributed by atoms with E-state index in [1.807, 2.05) is 13.2 Å². The fourth-order valence-corrected chi connectivity index (χ4v) is 5.16. The maximum atomic E-state index is 13.1. The van der Waals surface area contributed by atoms with Gasteiger partial charge in [-0.3, -0.25) is 9.36 Å². The van der Waals surface area contributed by atoms with E-state index >= 15 is 0 Å². The second-order valence-corrected chi connectivity index (χ2v) is 8.98. The van der Waals surface area contributed by atoms with Crippen molar-refractivity contribution in [3.63, 3.8) is 0 Å². The largest absolute Gasteiger partial charge is 0.372 e. The molecule has 2 atom stereocenters. The fourth-order valence-electron chi connectivity index (χ4n) is 3.48. The van der Waals surface area contributed by atoms with Crippen LogP contribution in [0.3, 0.4) is 0 Å². The molecule has 2 aromatic heterocycles. The van der Waals surface area contributed by atoms with E-state index < -0.39 is 10.0 Å². The molecule has 1 N–H and O–H groups in total. The average molecular weight is 382 g/mol. The highest BCUT2D eigenvalue weighted by Gasteiger charge is 2.36. The quantitative estimate of drug-likeness (QED) is 0.822. The Labute approximate surface area is 154 Å². The van der Waals surface area contributed by atoms with Crippen LogP contribution in [0.25, 0.3) is 0 Å². The predicted octanol–water partition coefficient (Wildman–Crippen LogP) is 1.70. The van der Waals surface area contributed by atoms with Crippen molar-refractivity contribution in [2.24, 2.45) is 13.0 Å². The number of aromatic nitrogens is 4. The molecule has 9 heteroatoms. The van der Waals surface area contributed by atoms with E-state index in [-0.39, 0.29) is 17.0 Å². The van der Waals surface area contributed by atoms with E-state index in [1.165, 1.54) is 0 Å². The van der Waals surface area contributed by atoms with Gasteiger partial charge in [0.2, 0.25) is 10.0 Å². The van der Waals surface area contributed by atoms with Crippen molar-refractivity contribution in [2.75, 3.05) is 6.61 Å². The normalized spacial score (nSPS) is 21.0. The van der Waals surface area contributed by atoms with Crippen molar-refractivity contribution in [1.29, 1.82) is 0 Å². The van der Waals surface area contributed by atoms with Gasteiger partial charge in [-0.1, -0.05) is 13.8 Å². The topological polar surface area (TPSA) is 91.0 Å². The smallest absolute Gasteiger partial charge is 0.244 e. The Kier molecular flexibility index (Phi) is 5.23. The van der Waals surface area contributed by atoms with Crippen LogP contribution in [0.4, 0.5) is 0 Å². The van der Waals surface area contributed by atoms with Crippen LogP contribution in [0.5, 0.6) is 0 Å². The van der Waals surface area contributed by atoms with Crippen LogP contribution < -0.4 is 4.72 Å². The summed E-state index contributed by atoms with van der Waals surface area (Å²) in [7, 11) is -1.87. The SMILES string of the molecule is Cc1nn(CC(C)C)c(C)c1S(=O)(=O)N[C@H]1CCO[C@@H]1c1cnn(C)c1. The maximum absolute atomic E-state index is 13.1. The van der Waals surface area contributed by atoms with Crippen LogP contribution >= 0.6 is 0 Å². The summed E-state index contributed by atoms with van der Waals surface area (Å²) >= 11 is 0. The van der Waals surface area contributed by atoms with Gasteiger partial charge in [-0.05, 0) is 26.2 Å². The van der Waals surface area contributed by atoms with Gasteiger partial charge in [-0.25, -0.2) is 13.1 Å². The zero-order chi connectivity index (χ0) is 19.1. The summed E-state index contributed by atoms with van der Waals surface area (Å²) in [6.07, 6.45) is 3.87. The summed E-state index contributed by atoms with van der Waals surface area (Å²) in [5.74, 6) is 0.384. The van der Waals surface area contributed by atoms with Crippen molar-refractivity contribution >= 4 is 10.0 Å². The summed E-state index contributed by atoms with van der Waals surface area (Å²) in [6, 6.07) is -0.323. The van der Waals surface area contributed by atoms with E-state index in [9.17, 15) is 8.42 Å². The molecule has 8 nitrogen and oxygen atoms in total. The van der Waals surface area contributed by atoms with Gasteiger partial charge < -0.3 is 4.74 Å². The minimum absolute atomic E-state index is 0.273. The molecule has 0 aromatic carbocycles. The van der Waals surface area contributed by atoms with Crippen molar-refractivity contribution < 1.29 is 13.2 Å². The van der Waals surface area contributed by atoms with Gasteiger partial charge in [-0.15, -0.1) is 0 Å². The third-order valence-corrected chi connectivity index (χ3v) is 6.31. The minimum Gasteiger partial charge on any atom is -0.372 e. The summed E-state index contributed by atoms with van der Waals surface area (Å²) in [4.78, 5) is 0.273. The third-order valence-electron chi connectivity index (χ3n) is 4.57. The first-order chi connectivity index (χ1) is 12.2. The van der Waals surface area contributed by atoms with E-state index in [0.717, 1.165) is 5.56 Å². The molecule has 1 saturated heterocycles. The third kappa shape index (κ3) is 3.70. The number of aryl methyl sites for hydroxylation is 2. The highest BCUT2D eigenvalue weighted by molar-refractivity contribution is 7.89. The molecular weight excluding hydrogens is 354 g/mol. The number of ether oxygens (including phenoxy) is 1. The summed E-state index contributed by atoms with van der Waals surface area (Å²) in [5, 5.41) is 8.58. The van der Waals surface area contributed by atoms with Crippen LogP contribution in [0, 0.1) is 19.8 Å². The van der Waals surface area contributed by atoms with Crippen molar-refractivity contribution in [2.45, 2.75) is 57.7 Å². The number of nitrogens with zero attached hydrogens (tertiary/aromatic N) is 4. The lowest BCUT2D eigenvalue weighted by Crippen LogP contribution is -2.37. The van der Waals surface area contributed by atoms with Gasteiger partial charge in [0.1, 0.15) is 11.0 Å². The number of hydrogen-bond donors (Lipinski definition) is 1. The number of sulfonamides is 1. The maximum Gasteiger partial charge on any atom is 0.244 e. The molecular formula is C17H27N5O3S. The standard InChI is InChI=1S/C17H27N5O3S/c1-11(2)9-22-13(4)17(12(3)19-22)26(23,24)20-15-6-7-25-16(15)14-8-18-21(5)10-14/h8,10-11,15-16,20H,6-7,9H2,1-5H3/t15-,16+/m0/s1. The van der Waals surface area contributed by atoms with E-state index in [2.05, 4.69) is 28.8 Å². The van der Waals surface area contributed by atoms with E-state index in [0.29, 0.717) is 36.9 Å². The minimum atomic E-state index is -3.69. The van der Waals surface area contributed by atoms with E-state index in [4.69, 9.17) is 4.74 Å². The van der Waals surface area contributed by atoms with Crippen molar-refractivity contribution in [3.8, 4) is 0 Å². The Morgan fingerprint density at radius 1 is 1.38 bits per heavy atom. The number of nitrogens with one attached hydrogen (secondary N) is 1. The lowest BCUT2D eigenvalue weighted by Gasteiger charge is -2.19. The molecule has 0 bridgehead atoms. The first kappa shape index (κ1) is 19.1.